The van der Waals surface area contributed by atoms with Gasteiger partial charge in [0.25, 0.3) is 0 Å². The van der Waals surface area contributed by atoms with Gasteiger partial charge in [-0.15, -0.1) is 0 Å². The number of nitrogens with zero attached hydrogens (tertiary/aromatic N) is 2. The fourth-order valence-corrected chi connectivity index (χ4v) is 9.52. The van der Waals surface area contributed by atoms with Gasteiger partial charge in [0.05, 0.1) is 127 Å². The van der Waals surface area contributed by atoms with Crippen molar-refractivity contribution in [2.24, 2.45) is 0 Å². The first-order valence-electron chi connectivity index (χ1n) is 26.0. The van der Waals surface area contributed by atoms with Crippen LogP contribution in [0.2, 0.25) is 0 Å². The molecule has 0 radical (unpaired) electrons. The predicted octanol–water partition coefficient (Wildman–Crippen LogP) is 1.65. The minimum Gasteiger partial charge on any atom is -0.748 e. The molecule has 1 atom stereocenters. The van der Waals surface area contributed by atoms with E-state index in [1.54, 1.807) is 37.3 Å². The normalized spacial score (nSPS) is 15.4. The predicted molar refractivity (Wildman–Crippen MR) is 286 cm³/mol. The number of rotatable bonds is 41. The molecule has 0 fully saturated rings. The number of hydrogen-bond donors (Lipinski definition) is 1. The average molecular weight is 1150 g/mol. The molecular weight excluding hydrogens is 1070 g/mol. The van der Waals surface area contributed by atoms with Gasteiger partial charge in [-0.3, -0.25) is 4.79 Å². The van der Waals surface area contributed by atoms with Crippen molar-refractivity contribution in [2.45, 2.75) is 69.1 Å². The van der Waals surface area contributed by atoms with E-state index in [2.05, 4.69) is 25.3 Å². The molecule has 0 amide bonds. The van der Waals surface area contributed by atoms with Gasteiger partial charge in [-0.2, -0.15) is 0 Å². The van der Waals surface area contributed by atoms with Crippen molar-refractivity contribution in [3.8, 4) is 11.3 Å². The molecule has 1 N–H and O–H groups in total. The van der Waals surface area contributed by atoms with E-state index in [1.165, 1.54) is 18.2 Å². The minimum absolute atomic E-state index is 0. The van der Waals surface area contributed by atoms with E-state index >= 15 is 0 Å². The summed E-state index contributed by atoms with van der Waals surface area (Å²) in [7, 11) is -6.19. The Labute approximate surface area is 483 Å². The molecule has 1 aliphatic carbocycles. The van der Waals surface area contributed by atoms with Crippen molar-refractivity contribution in [2.75, 3.05) is 163 Å². The second kappa shape index (κ2) is 36.3. The Morgan fingerprint density at radius 1 is 0.705 bits per heavy atom. The molecule has 4 rings (SSSR count). The van der Waals surface area contributed by atoms with Gasteiger partial charge in [-0.25, -0.2) is 21.4 Å². The Morgan fingerprint density at radius 3 is 1.67 bits per heavy atom. The largest absolute Gasteiger partial charge is 1.00 e. The fraction of sp³-hybridized carbons (Fsp3) is 0.630. The minimum atomic E-state index is -4.88. The summed E-state index contributed by atoms with van der Waals surface area (Å²) in [5.74, 6) is -0.545. The van der Waals surface area contributed by atoms with E-state index in [0.717, 1.165) is 16.5 Å². The Kier molecular flexibility index (Phi) is 32.2. The van der Waals surface area contributed by atoms with Crippen LogP contribution in [0.4, 0.5) is 5.69 Å². The number of allylic oxidation sites excluding steroid dienone is 3. The molecule has 1 aromatic rings. The van der Waals surface area contributed by atoms with Crippen LogP contribution in [0.15, 0.2) is 69.6 Å². The number of methoxy groups -OCH3 is 2. The van der Waals surface area contributed by atoms with Crippen LogP contribution in [0, 0.1) is 0 Å². The topological polar surface area (TPSA) is 263 Å². The number of carbonyl (C=O) groups is 1. The van der Waals surface area contributed by atoms with Gasteiger partial charge < -0.3 is 70.9 Å². The van der Waals surface area contributed by atoms with Crippen molar-refractivity contribution in [1.29, 1.82) is 0 Å². The summed E-state index contributed by atoms with van der Waals surface area (Å²) in [6, 6.07) is 12.0. The number of carboxylic acids is 1. The number of anilines is 1. The van der Waals surface area contributed by atoms with Crippen LogP contribution in [0.1, 0.15) is 70.3 Å². The summed E-state index contributed by atoms with van der Waals surface area (Å²) in [5, 5.41) is 10.4. The molecule has 1 aromatic carbocycles. The van der Waals surface area contributed by atoms with Crippen LogP contribution in [-0.2, 0) is 83.2 Å². The summed E-state index contributed by atoms with van der Waals surface area (Å²) < 4.78 is 136. The maximum Gasteiger partial charge on any atom is 1.00 e. The number of aliphatic carboxylic acids is 1. The van der Waals surface area contributed by atoms with Gasteiger partial charge in [-0.1, -0.05) is 26.8 Å². The summed E-state index contributed by atoms with van der Waals surface area (Å²) in [5.41, 5.74) is 2.11. The molecule has 78 heavy (non-hydrogen) atoms. The van der Waals surface area contributed by atoms with Gasteiger partial charge in [0.2, 0.25) is 5.36 Å². The van der Waals surface area contributed by atoms with Gasteiger partial charge in [0.1, 0.15) is 34.9 Å². The molecule has 0 spiro atoms. The first-order chi connectivity index (χ1) is 36.8. The number of hydrogen-bond acceptors (Lipinski definition) is 19. The van der Waals surface area contributed by atoms with Gasteiger partial charge in [0, 0.05) is 61.4 Å². The van der Waals surface area contributed by atoms with E-state index in [9.17, 15) is 35.8 Å². The van der Waals surface area contributed by atoms with E-state index < -0.39 is 42.3 Å². The molecule has 434 valence electrons. The monoisotopic (exact) mass is 1150 g/mol. The third-order valence-corrected chi connectivity index (χ3v) is 14.0. The number of carboxylic acid groups (broad SMARTS) is 1. The van der Waals surface area contributed by atoms with Gasteiger partial charge >= 0.3 is 35.5 Å². The van der Waals surface area contributed by atoms with Crippen molar-refractivity contribution in [1.82, 2.24) is 4.58 Å². The van der Waals surface area contributed by atoms with Crippen LogP contribution in [0.5, 0.6) is 0 Å². The summed E-state index contributed by atoms with van der Waals surface area (Å²) in [4.78, 5) is 13.0. The van der Waals surface area contributed by atoms with Crippen LogP contribution in [0.3, 0.4) is 0 Å². The molecule has 1 unspecified atom stereocenters. The van der Waals surface area contributed by atoms with E-state index in [0.29, 0.717) is 160 Å². The summed E-state index contributed by atoms with van der Waals surface area (Å²) >= 11 is 0. The maximum absolute atomic E-state index is 12.2. The molecule has 3 aliphatic rings. The zero-order chi connectivity index (χ0) is 56.2. The third-order valence-electron chi connectivity index (χ3n) is 12.4. The molecule has 0 saturated heterocycles. The second-order valence-electron chi connectivity index (χ2n) is 19.3. The number of benzene rings is 2. The molecular formula is C54H81N2NaO19S2. The molecule has 2 aliphatic heterocycles. The van der Waals surface area contributed by atoms with Crippen molar-refractivity contribution in [3.63, 3.8) is 0 Å². The number of ether oxygens (including phenoxy) is 10. The fourth-order valence-electron chi connectivity index (χ4n) is 8.54. The molecule has 21 nitrogen and oxygen atoms in total. The van der Waals surface area contributed by atoms with Crippen molar-refractivity contribution < 1.29 is 117 Å². The zero-order valence-corrected chi connectivity index (χ0v) is 50.3. The summed E-state index contributed by atoms with van der Waals surface area (Å²) in [6.07, 6.45) is 5.54. The number of fused-ring (bicyclic) bond motifs is 2. The van der Waals surface area contributed by atoms with E-state index in [-0.39, 0.29) is 67.2 Å². The van der Waals surface area contributed by atoms with Crippen LogP contribution in [-0.4, -0.2) is 196 Å². The Morgan fingerprint density at radius 2 is 1.21 bits per heavy atom. The molecule has 0 bridgehead atoms. The smallest absolute Gasteiger partial charge is 0.748 e. The zero-order valence-electron chi connectivity index (χ0n) is 46.7. The quantitative estimate of drug-likeness (QED) is 0.0366. The Bertz CT molecular complexity index is 2530. The van der Waals surface area contributed by atoms with Crippen LogP contribution < -0.4 is 44.4 Å². The molecule has 0 aromatic heterocycles. The first kappa shape index (κ1) is 69.1. The first-order valence-corrected chi connectivity index (χ1v) is 29.0. The maximum atomic E-state index is 12.2. The second-order valence-corrected chi connectivity index (χ2v) is 22.2. The molecule has 24 heteroatoms. The Balaban J connectivity index is 0.0000160. The van der Waals surface area contributed by atoms with Crippen molar-refractivity contribution in [3.05, 3.63) is 82.6 Å². The molecule has 2 heterocycles. The third kappa shape index (κ3) is 24.9. The van der Waals surface area contributed by atoms with Gasteiger partial charge in [-0.05, 0) is 85.2 Å². The summed E-state index contributed by atoms with van der Waals surface area (Å²) in [6.45, 7) is 17.4. The van der Waals surface area contributed by atoms with Crippen molar-refractivity contribution >= 4 is 38.0 Å². The standard InChI is InChI=1S/C54H82N2O19S2.Na/c1-53(2,3)47-41-44(10-7-11-51-54(4,17-8-12-52(57)58)48-42-45(77(62,63)64)14-16-49(48)56(51)18-9-39-76(59,60)61)75-50-40-43(13-15-46(47)50)55(19-21-67-27-29-71-35-37-73-33-31-69-25-23-65-5)20-22-68-28-30-72-36-38-74-34-32-70-26-24-66-6;/h7,10-11,13-16,40-42H,8-9,12,17-39H2,1-6H3,(H2-,57,58,59,60,61,62,63,64);/q;+1/p-1. The Hall–Kier alpha value is -3.18. The average Bonchev–Trinajstić information content (AvgIpc) is 3.59. The van der Waals surface area contributed by atoms with Crippen LogP contribution >= 0.6 is 0 Å². The SMILES string of the molecule is COCCOCCOCCOCCOCC[N+](CCOCCOCCOCCOCCOC)=c1ccc2c(C(C)(C)C)cc(/C=C/C=C3/N(CCCS(=O)(=O)[O-])c4ccc(S(=O)(=O)[O-])cc4C3(C)CCCC(=O)O)oc-2c1.[Na+]. The van der Waals surface area contributed by atoms with Crippen LogP contribution in [0.25, 0.3) is 17.4 Å². The van der Waals surface area contributed by atoms with Gasteiger partial charge in [0.15, 0.2) is 13.1 Å². The van der Waals surface area contributed by atoms with E-state index in [1.807, 2.05) is 31.2 Å². The van der Waals surface area contributed by atoms with E-state index in [4.69, 9.17) is 51.8 Å². The molecule has 0 saturated carbocycles.